The largest absolute Gasteiger partial charge is 0.369 e. The lowest BCUT2D eigenvalue weighted by Crippen LogP contribution is -2.43. The van der Waals surface area contributed by atoms with Gasteiger partial charge in [-0.1, -0.05) is 38.5 Å². The quantitative estimate of drug-likeness (QED) is 0.889. The predicted octanol–water partition coefficient (Wildman–Crippen LogP) is 3.37. The minimum Gasteiger partial charge on any atom is -0.369 e. The van der Waals surface area contributed by atoms with E-state index in [9.17, 15) is 0 Å². The molecule has 1 heterocycles. The van der Waals surface area contributed by atoms with E-state index in [1.165, 1.54) is 23.4 Å². The highest BCUT2D eigenvalue weighted by Crippen LogP contribution is 2.25. The molecule has 0 spiro atoms. The third-order valence-corrected chi connectivity index (χ3v) is 4.79. The SMILES string of the molecule is CCC(C)C1CN(CCSC)c2ccccc2CN1. The first-order chi connectivity index (χ1) is 9.26. The van der Waals surface area contributed by atoms with E-state index in [1.54, 1.807) is 0 Å². The highest BCUT2D eigenvalue weighted by molar-refractivity contribution is 7.98. The molecule has 0 fully saturated rings. The molecular weight excluding hydrogens is 252 g/mol. The van der Waals surface area contributed by atoms with Gasteiger partial charge in [0.2, 0.25) is 0 Å². The van der Waals surface area contributed by atoms with Crippen LogP contribution in [0.5, 0.6) is 0 Å². The lowest BCUT2D eigenvalue weighted by molar-refractivity contribution is 0.372. The van der Waals surface area contributed by atoms with Crippen molar-refractivity contribution in [3.05, 3.63) is 29.8 Å². The number of hydrogen-bond donors (Lipinski definition) is 1. The van der Waals surface area contributed by atoms with Gasteiger partial charge in [0.15, 0.2) is 0 Å². The molecule has 1 N–H and O–H groups in total. The van der Waals surface area contributed by atoms with E-state index < -0.39 is 0 Å². The number of para-hydroxylation sites is 1. The standard InChI is InChI=1S/C16H26N2S/c1-4-13(2)15-12-18(9-10-19-3)16-8-6-5-7-14(16)11-17-15/h5-8,13,15,17H,4,9-12H2,1-3H3. The van der Waals surface area contributed by atoms with Crippen LogP contribution in [0.25, 0.3) is 0 Å². The summed E-state index contributed by atoms with van der Waals surface area (Å²) in [4.78, 5) is 2.57. The molecule has 0 saturated heterocycles. The second-order valence-corrected chi connectivity index (χ2v) is 6.43. The Balaban J connectivity index is 2.19. The first-order valence-electron chi connectivity index (χ1n) is 7.31. The highest BCUT2D eigenvalue weighted by Gasteiger charge is 2.23. The van der Waals surface area contributed by atoms with Crippen molar-refractivity contribution in [3.63, 3.8) is 0 Å². The Hall–Kier alpha value is -0.670. The Labute approximate surface area is 122 Å². The molecule has 0 bridgehead atoms. The maximum atomic E-state index is 3.75. The van der Waals surface area contributed by atoms with Gasteiger partial charge < -0.3 is 10.2 Å². The van der Waals surface area contributed by atoms with Crippen molar-refractivity contribution in [3.8, 4) is 0 Å². The Bertz CT molecular complexity index is 394. The van der Waals surface area contributed by atoms with Gasteiger partial charge in [-0.15, -0.1) is 0 Å². The molecule has 1 aliphatic rings. The summed E-state index contributed by atoms with van der Waals surface area (Å²) in [5, 5.41) is 3.75. The molecule has 2 nitrogen and oxygen atoms in total. The third-order valence-electron chi connectivity index (χ3n) is 4.20. The number of rotatable bonds is 5. The van der Waals surface area contributed by atoms with E-state index in [0.29, 0.717) is 6.04 Å². The molecule has 2 atom stereocenters. The van der Waals surface area contributed by atoms with Crippen molar-refractivity contribution >= 4 is 17.4 Å². The van der Waals surface area contributed by atoms with Gasteiger partial charge in [-0.3, -0.25) is 0 Å². The zero-order valence-corrected chi connectivity index (χ0v) is 13.2. The molecule has 2 unspecified atom stereocenters. The number of nitrogens with zero attached hydrogens (tertiary/aromatic N) is 1. The van der Waals surface area contributed by atoms with Crippen molar-refractivity contribution in [1.29, 1.82) is 0 Å². The van der Waals surface area contributed by atoms with Crippen LogP contribution < -0.4 is 10.2 Å². The molecule has 19 heavy (non-hydrogen) atoms. The number of anilines is 1. The van der Waals surface area contributed by atoms with Gasteiger partial charge in [-0.05, 0) is 23.8 Å². The third kappa shape index (κ3) is 3.67. The Morgan fingerprint density at radius 3 is 2.95 bits per heavy atom. The van der Waals surface area contributed by atoms with Crippen LogP contribution in [0.15, 0.2) is 24.3 Å². The van der Waals surface area contributed by atoms with Crippen LogP contribution in [0.4, 0.5) is 5.69 Å². The van der Waals surface area contributed by atoms with Gasteiger partial charge in [0.05, 0.1) is 0 Å². The average Bonchev–Trinajstić information content (AvgIpc) is 2.64. The molecule has 1 aliphatic heterocycles. The van der Waals surface area contributed by atoms with Crippen molar-refractivity contribution in [2.45, 2.75) is 32.9 Å². The van der Waals surface area contributed by atoms with Crippen LogP contribution in [0.2, 0.25) is 0 Å². The minimum atomic E-state index is 0.597. The highest BCUT2D eigenvalue weighted by atomic mass is 32.2. The molecule has 3 heteroatoms. The van der Waals surface area contributed by atoms with E-state index in [4.69, 9.17) is 0 Å². The summed E-state index contributed by atoms with van der Waals surface area (Å²) in [6.45, 7) is 7.93. The summed E-state index contributed by atoms with van der Waals surface area (Å²) in [6.07, 6.45) is 3.43. The second kappa shape index (κ2) is 7.20. The number of fused-ring (bicyclic) bond motifs is 1. The van der Waals surface area contributed by atoms with Gasteiger partial charge in [0, 0.05) is 37.1 Å². The predicted molar refractivity (Wildman–Crippen MR) is 87.1 cm³/mol. The fourth-order valence-corrected chi connectivity index (χ4v) is 3.09. The summed E-state index contributed by atoms with van der Waals surface area (Å²) in [5.41, 5.74) is 2.87. The molecule has 0 aliphatic carbocycles. The molecule has 0 radical (unpaired) electrons. The monoisotopic (exact) mass is 278 g/mol. The zero-order chi connectivity index (χ0) is 13.7. The van der Waals surface area contributed by atoms with Crippen LogP contribution >= 0.6 is 11.8 Å². The molecule has 1 aromatic rings. The Morgan fingerprint density at radius 2 is 2.21 bits per heavy atom. The number of benzene rings is 1. The molecule has 2 rings (SSSR count). The van der Waals surface area contributed by atoms with Crippen LogP contribution in [-0.4, -0.2) is 31.1 Å². The smallest absolute Gasteiger partial charge is 0.0412 e. The average molecular weight is 278 g/mol. The zero-order valence-electron chi connectivity index (χ0n) is 12.4. The number of nitrogens with one attached hydrogen (secondary N) is 1. The number of hydrogen-bond acceptors (Lipinski definition) is 3. The fourth-order valence-electron chi connectivity index (χ4n) is 2.69. The molecule has 0 saturated carbocycles. The molecule has 0 aromatic heterocycles. The minimum absolute atomic E-state index is 0.597. The van der Waals surface area contributed by atoms with Gasteiger partial charge >= 0.3 is 0 Å². The fraction of sp³-hybridized carbons (Fsp3) is 0.625. The van der Waals surface area contributed by atoms with E-state index >= 15 is 0 Å². The summed E-state index contributed by atoms with van der Waals surface area (Å²) in [7, 11) is 0. The van der Waals surface area contributed by atoms with Crippen molar-refractivity contribution in [2.75, 3.05) is 30.0 Å². The molecule has 1 aromatic carbocycles. The van der Waals surface area contributed by atoms with Gasteiger partial charge in [0.1, 0.15) is 0 Å². The lowest BCUT2D eigenvalue weighted by atomic mass is 9.99. The maximum Gasteiger partial charge on any atom is 0.0412 e. The summed E-state index contributed by atoms with van der Waals surface area (Å²) < 4.78 is 0. The molecule has 106 valence electrons. The normalized spacial score (nSPS) is 20.8. The van der Waals surface area contributed by atoms with E-state index in [1.807, 2.05) is 11.8 Å². The van der Waals surface area contributed by atoms with Gasteiger partial charge in [0.25, 0.3) is 0 Å². The molecular formula is C16H26N2S. The summed E-state index contributed by atoms with van der Waals surface area (Å²) >= 11 is 1.93. The lowest BCUT2D eigenvalue weighted by Gasteiger charge is -2.30. The van der Waals surface area contributed by atoms with Crippen molar-refractivity contribution in [2.24, 2.45) is 5.92 Å². The number of thioether (sulfide) groups is 1. The van der Waals surface area contributed by atoms with Crippen LogP contribution in [0, 0.1) is 5.92 Å². The van der Waals surface area contributed by atoms with Crippen molar-refractivity contribution < 1.29 is 0 Å². The summed E-state index contributed by atoms with van der Waals surface area (Å²) in [6, 6.07) is 9.44. The van der Waals surface area contributed by atoms with E-state index in [2.05, 4.69) is 54.6 Å². The summed E-state index contributed by atoms with van der Waals surface area (Å²) in [5.74, 6) is 1.92. The van der Waals surface area contributed by atoms with Crippen molar-refractivity contribution in [1.82, 2.24) is 5.32 Å². The van der Waals surface area contributed by atoms with Crippen LogP contribution in [-0.2, 0) is 6.54 Å². The Morgan fingerprint density at radius 1 is 1.42 bits per heavy atom. The maximum absolute atomic E-state index is 3.75. The van der Waals surface area contributed by atoms with E-state index in [-0.39, 0.29) is 0 Å². The topological polar surface area (TPSA) is 15.3 Å². The Kier molecular flexibility index (Phi) is 5.59. The molecule has 0 amide bonds. The van der Waals surface area contributed by atoms with Gasteiger partial charge in [-0.25, -0.2) is 0 Å². The van der Waals surface area contributed by atoms with Crippen LogP contribution in [0.1, 0.15) is 25.8 Å². The van der Waals surface area contributed by atoms with Gasteiger partial charge in [-0.2, -0.15) is 11.8 Å². The van der Waals surface area contributed by atoms with Crippen LogP contribution in [0.3, 0.4) is 0 Å². The second-order valence-electron chi connectivity index (χ2n) is 5.44. The first-order valence-corrected chi connectivity index (χ1v) is 8.70. The first kappa shape index (κ1) is 14.7. The van der Waals surface area contributed by atoms with E-state index in [0.717, 1.165) is 25.6 Å².